The number of benzene rings is 2. The molecule has 17 heavy (non-hydrogen) atoms. The maximum absolute atomic E-state index is 5.87. The van der Waals surface area contributed by atoms with E-state index in [-0.39, 0.29) is 21.9 Å². The number of rotatable bonds is 0. The zero-order chi connectivity index (χ0) is 12.9. The van der Waals surface area contributed by atoms with Gasteiger partial charge in [-0.2, -0.15) is 0 Å². The van der Waals surface area contributed by atoms with E-state index in [1.54, 1.807) is 0 Å². The molecule has 0 heterocycles. The molecule has 0 unspecified atom stereocenters. The zero-order valence-electron chi connectivity index (χ0n) is 9.12. The van der Waals surface area contributed by atoms with Crippen LogP contribution in [0.25, 0.3) is 10.8 Å². The van der Waals surface area contributed by atoms with Gasteiger partial charge in [-0.1, -0.05) is 27.9 Å². The first-order valence-electron chi connectivity index (χ1n) is 4.85. The summed E-state index contributed by atoms with van der Waals surface area (Å²) in [5.41, 5.74) is 1.87. The molecule has 0 aliphatic carbocycles. The number of fused-ring (bicyclic) bond motifs is 1. The third-order valence-electron chi connectivity index (χ3n) is 2.84. The molecule has 2 aromatic carbocycles. The lowest BCUT2D eigenvalue weighted by molar-refractivity contribution is 2.03. The summed E-state index contributed by atoms with van der Waals surface area (Å²) in [6.07, 6.45) is 0. The van der Waals surface area contributed by atoms with Crippen LogP contribution in [0.3, 0.4) is 0 Å². The Hall–Kier alpha value is -0.845. The summed E-state index contributed by atoms with van der Waals surface area (Å²) in [6.45, 7) is 0. The van der Waals surface area contributed by atoms with E-state index in [1.165, 1.54) is 6.07 Å². The van der Waals surface area contributed by atoms with E-state index in [0.29, 0.717) is 27.2 Å². The molecule has 0 saturated carbocycles. The molecule has 0 spiro atoms. The monoisotopic (exact) mass is 198 g/mol. The highest BCUT2D eigenvalue weighted by Crippen LogP contribution is 1.99. The van der Waals surface area contributed by atoms with Gasteiger partial charge in [0.15, 0.2) is 0 Å². The molecular formula is C10HB7. The Morgan fingerprint density at radius 1 is 0.471 bits per heavy atom. The molecule has 0 atom stereocenters. The minimum atomic E-state index is 0.187. The van der Waals surface area contributed by atoms with Crippen LogP contribution >= 0.6 is 0 Å². The SMILES string of the molecule is [B]c1cc([B])c2c([B])c([B])c([B])c([B])c2c1[B]. The lowest BCUT2D eigenvalue weighted by Crippen LogP contribution is -2.51. The molecule has 14 radical (unpaired) electrons. The van der Waals surface area contributed by atoms with Gasteiger partial charge < -0.3 is 0 Å². The average molecular weight is 197 g/mol. The van der Waals surface area contributed by atoms with Crippen molar-refractivity contribution in [2.45, 2.75) is 0 Å². The van der Waals surface area contributed by atoms with Crippen LogP contribution in [-0.2, 0) is 0 Å². The second-order valence-electron chi connectivity index (χ2n) is 3.87. The van der Waals surface area contributed by atoms with Gasteiger partial charge in [-0.25, -0.2) is 0 Å². The first kappa shape index (κ1) is 12.6. The van der Waals surface area contributed by atoms with Crippen molar-refractivity contribution in [1.82, 2.24) is 0 Å². The van der Waals surface area contributed by atoms with Crippen molar-refractivity contribution in [1.29, 1.82) is 0 Å². The topological polar surface area (TPSA) is 0 Å². The molecule has 0 bridgehead atoms. The summed E-state index contributed by atoms with van der Waals surface area (Å²) in [5, 5.41) is 0.938. The summed E-state index contributed by atoms with van der Waals surface area (Å²) in [6, 6.07) is 1.52. The Labute approximate surface area is 110 Å². The summed E-state index contributed by atoms with van der Waals surface area (Å²) in [7, 11) is 40.7. The first-order chi connectivity index (χ1) is 7.86. The fourth-order valence-corrected chi connectivity index (χ4v) is 1.87. The summed E-state index contributed by atoms with van der Waals surface area (Å²) < 4.78 is 0. The van der Waals surface area contributed by atoms with Gasteiger partial charge in [0, 0.05) is 0 Å². The van der Waals surface area contributed by atoms with Gasteiger partial charge in [-0.3, -0.25) is 0 Å². The summed E-state index contributed by atoms with van der Waals surface area (Å²) in [5.74, 6) is 0. The molecule has 0 fully saturated rings. The molecule has 0 amide bonds. The van der Waals surface area contributed by atoms with Crippen LogP contribution in [-0.4, -0.2) is 54.9 Å². The van der Waals surface area contributed by atoms with Gasteiger partial charge in [0.2, 0.25) is 0 Å². The fourth-order valence-electron chi connectivity index (χ4n) is 1.87. The molecule has 2 rings (SSSR count). The van der Waals surface area contributed by atoms with Gasteiger partial charge >= 0.3 is 0 Å². The molecule has 0 nitrogen and oxygen atoms in total. The Balaban J connectivity index is 3.17. The number of hydrogen-bond donors (Lipinski definition) is 0. The van der Waals surface area contributed by atoms with E-state index >= 15 is 0 Å². The van der Waals surface area contributed by atoms with Crippen LogP contribution in [0.1, 0.15) is 0 Å². The predicted octanol–water partition coefficient (Wildman–Crippen LogP) is -5.60. The standard InChI is InChI=1S/C10HB7/c11-2-1-3(12)6(13)5-4(2)7(14)9(16)10(17)8(5)15/h1H. The number of hydrogen-bond acceptors (Lipinski definition) is 0. The third-order valence-corrected chi connectivity index (χ3v) is 2.84. The Morgan fingerprint density at radius 2 is 0.941 bits per heavy atom. The van der Waals surface area contributed by atoms with E-state index in [1.807, 2.05) is 0 Å². The van der Waals surface area contributed by atoms with Gasteiger partial charge in [-0.15, -0.1) is 16.4 Å². The lowest BCUT2D eigenvalue weighted by Gasteiger charge is -2.21. The molecule has 2 aromatic rings. The van der Waals surface area contributed by atoms with E-state index in [9.17, 15) is 0 Å². The Bertz CT molecular complexity index is 633. The van der Waals surface area contributed by atoms with Gasteiger partial charge in [0.25, 0.3) is 0 Å². The molecule has 0 aliphatic rings. The minimum absolute atomic E-state index is 0.187. The smallest absolute Gasteiger partial charge is 0.110 e. The molecule has 0 N–H and O–H groups in total. The summed E-state index contributed by atoms with van der Waals surface area (Å²) >= 11 is 0. The van der Waals surface area contributed by atoms with Gasteiger partial charge in [0.1, 0.15) is 54.9 Å². The minimum Gasteiger partial charge on any atom is -0.110 e. The second-order valence-corrected chi connectivity index (χ2v) is 3.87. The molecule has 7 heteroatoms. The van der Waals surface area contributed by atoms with Crippen LogP contribution in [0.15, 0.2) is 6.07 Å². The zero-order valence-corrected chi connectivity index (χ0v) is 9.12. The molecule has 0 aliphatic heterocycles. The van der Waals surface area contributed by atoms with Gasteiger partial charge in [0.05, 0.1) is 0 Å². The Morgan fingerprint density at radius 3 is 1.47 bits per heavy atom. The van der Waals surface area contributed by atoms with Crippen molar-refractivity contribution in [3.8, 4) is 0 Å². The lowest BCUT2D eigenvalue weighted by atomic mass is 9.60. The van der Waals surface area contributed by atoms with Crippen LogP contribution in [0.4, 0.5) is 0 Å². The highest BCUT2D eigenvalue weighted by molar-refractivity contribution is 6.71. The van der Waals surface area contributed by atoms with Crippen molar-refractivity contribution in [3.63, 3.8) is 0 Å². The predicted molar refractivity (Wildman–Crippen MR) is 81.7 cm³/mol. The average Bonchev–Trinajstić information content (AvgIpc) is 2.28. The molecule has 0 aromatic heterocycles. The maximum atomic E-state index is 5.87. The normalized spacial score (nSPS) is 10.8. The van der Waals surface area contributed by atoms with E-state index in [4.69, 9.17) is 54.9 Å². The Kier molecular flexibility index (Phi) is 3.05. The van der Waals surface area contributed by atoms with Crippen LogP contribution in [0.5, 0.6) is 0 Å². The largest absolute Gasteiger partial charge is 0.114 e. The van der Waals surface area contributed by atoms with E-state index in [2.05, 4.69) is 0 Å². The highest BCUT2D eigenvalue weighted by atomic mass is 14.1. The van der Waals surface area contributed by atoms with Crippen molar-refractivity contribution in [2.75, 3.05) is 0 Å². The van der Waals surface area contributed by atoms with Crippen molar-refractivity contribution >= 4 is 104 Å². The van der Waals surface area contributed by atoms with Crippen LogP contribution in [0.2, 0.25) is 0 Å². The molecule has 0 saturated heterocycles. The first-order valence-corrected chi connectivity index (χ1v) is 4.85. The third kappa shape index (κ3) is 1.71. The molecule has 62 valence electrons. The molecular weight excluding hydrogens is 196 g/mol. The second kappa shape index (κ2) is 4.12. The maximum Gasteiger partial charge on any atom is 0.114 e. The summed E-state index contributed by atoms with van der Waals surface area (Å²) in [4.78, 5) is 0. The van der Waals surface area contributed by atoms with Crippen LogP contribution in [0, 0.1) is 0 Å². The van der Waals surface area contributed by atoms with Gasteiger partial charge in [-0.05, 0) is 10.8 Å². The van der Waals surface area contributed by atoms with Crippen molar-refractivity contribution in [2.24, 2.45) is 0 Å². The quantitative estimate of drug-likeness (QED) is 0.369. The van der Waals surface area contributed by atoms with E-state index in [0.717, 1.165) is 0 Å². The van der Waals surface area contributed by atoms with E-state index < -0.39 is 0 Å². The highest BCUT2D eigenvalue weighted by Gasteiger charge is 2.11. The fraction of sp³-hybridized carbons (Fsp3) is 0. The van der Waals surface area contributed by atoms with Crippen LogP contribution < -0.4 is 38.2 Å². The van der Waals surface area contributed by atoms with Crippen molar-refractivity contribution in [3.05, 3.63) is 6.07 Å². The van der Waals surface area contributed by atoms with Crippen molar-refractivity contribution < 1.29 is 0 Å².